The van der Waals surface area contributed by atoms with Gasteiger partial charge in [-0.25, -0.2) is 0 Å². The first-order valence-electron chi connectivity index (χ1n) is 10.1. The first-order chi connectivity index (χ1) is 14.4. The molecule has 0 bridgehead atoms. The van der Waals surface area contributed by atoms with Crippen molar-refractivity contribution in [1.82, 2.24) is 9.80 Å². The van der Waals surface area contributed by atoms with Crippen molar-refractivity contribution in [2.45, 2.75) is 12.0 Å². The maximum Gasteiger partial charge on any atom is 0.265 e. The summed E-state index contributed by atoms with van der Waals surface area (Å²) in [5.74, 6) is -0.192. The highest BCUT2D eigenvalue weighted by Gasteiger charge is 2.51. The molecule has 2 heterocycles. The molecule has 0 saturated carbocycles. The van der Waals surface area contributed by atoms with Gasteiger partial charge in [-0.15, -0.1) is 0 Å². The van der Waals surface area contributed by atoms with Gasteiger partial charge < -0.3 is 14.7 Å². The molecule has 7 heteroatoms. The Kier molecular flexibility index (Phi) is 5.60. The zero-order valence-electron chi connectivity index (χ0n) is 17.4. The van der Waals surface area contributed by atoms with Gasteiger partial charge >= 0.3 is 0 Å². The second-order valence-electron chi connectivity index (χ2n) is 8.01. The highest BCUT2D eigenvalue weighted by atomic mass is 16.5. The Morgan fingerprint density at radius 3 is 2.57 bits per heavy atom. The molecule has 1 atom stereocenters. The van der Waals surface area contributed by atoms with E-state index in [4.69, 9.17) is 4.74 Å². The summed E-state index contributed by atoms with van der Waals surface area (Å²) in [4.78, 5) is 32.4. The van der Waals surface area contributed by atoms with Crippen molar-refractivity contribution in [3.05, 3.63) is 59.7 Å². The van der Waals surface area contributed by atoms with Crippen LogP contribution in [0.5, 0.6) is 5.75 Å². The summed E-state index contributed by atoms with van der Waals surface area (Å²) in [6, 6.07) is 14.0. The maximum absolute atomic E-state index is 13.4. The summed E-state index contributed by atoms with van der Waals surface area (Å²) in [6.07, 6.45) is -0.310. The number of Topliss-reactive ketones (excluding diaryl/α,β-unsaturated/α-hetero) is 1. The van der Waals surface area contributed by atoms with E-state index in [9.17, 15) is 14.7 Å². The van der Waals surface area contributed by atoms with Gasteiger partial charge in [0.2, 0.25) is 0 Å². The van der Waals surface area contributed by atoms with Crippen LogP contribution >= 0.6 is 0 Å². The molecule has 0 radical (unpaired) electrons. The lowest BCUT2D eigenvalue weighted by Gasteiger charge is -2.35. The van der Waals surface area contributed by atoms with Crippen LogP contribution in [0, 0.1) is 0 Å². The molecule has 4 rings (SSSR count). The van der Waals surface area contributed by atoms with Gasteiger partial charge in [-0.3, -0.25) is 19.4 Å². The first-order valence-corrected chi connectivity index (χ1v) is 10.1. The van der Waals surface area contributed by atoms with Crippen molar-refractivity contribution in [2.75, 3.05) is 51.9 Å². The molecule has 0 spiro atoms. The predicted molar refractivity (Wildman–Crippen MR) is 114 cm³/mol. The first kappa shape index (κ1) is 20.5. The average Bonchev–Trinajstić information content (AvgIpc) is 2.97. The lowest BCUT2D eigenvalue weighted by Crippen LogP contribution is -2.51. The predicted octanol–water partition coefficient (Wildman–Crippen LogP) is 1.71. The molecule has 0 aliphatic carbocycles. The third-order valence-electron chi connectivity index (χ3n) is 5.98. The molecular weight excluding hydrogens is 382 g/mol. The van der Waals surface area contributed by atoms with E-state index in [0.29, 0.717) is 29.2 Å². The number of likely N-dealkylation sites (N-methyl/N-ethyl adjacent to an activating group) is 1. The van der Waals surface area contributed by atoms with Gasteiger partial charge in [0.05, 0.1) is 25.9 Å². The number of rotatable bonds is 6. The van der Waals surface area contributed by atoms with Crippen molar-refractivity contribution in [1.29, 1.82) is 0 Å². The number of piperazine rings is 1. The molecule has 2 aromatic carbocycles. The van der Waals surface area contributed by atoms with Crippen LogP contribution in [0.2, 0.25) is 0 Å². The lowest BCUT2D eigenvalue weighted by molar-refractivity contribution is -0.136. The summed E-state index contributed by atoms with van der Waals surface area (Å²) in [7, 11) is 3.61. The Hall–Kier alpha value is -2.74. The van der Waals surface area contributed by atoms with E-state index in [1.165, 1.54) is 7.11 Å². The van der Waals surface area contributed by atoms with Crippen LogP contribution in [-0.2, 0) is 10.4 Å². The summed E-state index contributed by atoms with van der Waals surface area (Å²) >= 11 is 0. The van der Waals surface area contributed by atoms with Crippen molar-refractivity contribution in [3.8, 4) is 5.75 Å². The highest BCUT2D eigenvalue weighted by molar-refractivity contribution is 6.10. The topological polar surface area (TPSA) is 73.3 Å². The number of hydrogen-bond donors (Lipinski definition) is 1. The Balaban J connectivity index is 1.59. The van der Waals surface area contributed by atoms with Crippen LogP contribution in [0.3, 0.4) is 0 Å². The van der Waals surface area contributed by atoms with Crippen LogP contribution in [-0.4, -0.2) is 73.6 Å². The zero-order valence-corrected chi connectivity index (χ0v) is 17.4. The van der Waals surface area contributed by atoms with Gasteiger partial charge in [0.25, 0.3) is 5.91 Å². The van der Waals surface area contributed by atoms with Gasteiger partial charge in [0.1, 0.15) is 5.75 Å². The van der Waals surface area contributed by atoms with Gasteiger partial charge in [0, 0.05) is 37.3 Å². The standard InChI is InChI=1S/C23H27N3O4/c1-24-10-12-25(13-11-24)16-26-20-9-4-3-8-19(20)23(29,22(26)28)15-21(27)17-6-5-7-18(14-17)30-2/h3-9,14,29H,10-13,15-16H2,1-2H3/t23-/m0/s1. The van der Waals surface area contributed by atoms with Crippen LogP contribution in [0.4, 0.5) is 5.69 Å². The largest absolute Gasteiger partial charge is 0.497 e. The number of benzene rings is 2. The number of para-hydroxylation sites is 1. The molecule has 1 N–H and O–H groups in total. The van der Waals surface area contributed by atoms with Crippen LogP contribution in [0.15, 0.2) is 48.5 Å². The van der Waals surface area contributed by atoms with Crippen LogP contribution < -0.4 is 9.64 Å². The maximum atomic E-state index is 13.4. The molecule has 158 valence electrons. The summed E-state index contributed by atoms with van der Waals surface area (Å²) in [5.41, 5.74) is -0.308. The minimum atomic E-state index is -1.87. The number of aliphatic hydroxyl groups is 1. The lowest BCUT2D eigenvalue weighted by atomic mass is 9.88. The van der Waals surface area contributed by atoms with Crippen molar-refractivity contribution >= 4 is 17.4 Å². The molecule has 0 unspecified atom stereocenters. The van der Waals surface area contributed by atoms with Crippen molar-refractivity contribution in [2.24, 2.45) is 0 Å². The molecule has 30 heavy (non-hydrogen) atoms. The molecule has 7 nitrogen and oxygen atoms in total. The minimum absolute atomic E-state index is 0.305. The van der Waals surface area contributed by atoms with E-state index in [-0.39, 0.29) is 12.2 Å². The van der Waals surface area contributed by atoms with E-state index in [0.717, 1.165) is 26.2 Å². The molecule has 1 amide bonds. The van der Waals surface area contributed by atoms with E-state index in [2.05, 4.69) is 16.8 Å². The highest BCUT2D eigenvalue weighted by Crippen LogP contribution is 2.43. The number of ether oxygens (including phenoxy) is 1. The average molecular weight is 409 g/mol. The van der Waals surface area contributed by atoms with Gasteiger partial charge in [-0.05, 0) is 25.2 Å². The number of carbonyl (C=O) groups is 2. The summed E-state index contributed by atoms with van der Waals surface area (Å²) in [5, 5.41) is 11.4. The molecule has 2 aromatic rings. The number of methoxy groups -OCH3 is 1. The Bertz CT molecular complexity index is 955. The van der Waals surface area contributed by atoms with E-state index in [1.807, 2.05) is 12.1 Å². The molecular formula is C23H27N3O4. The van der Waals surface area contributed by atoms with E-state index < -0.39 is 11.5 Å². The molecule has 1 saturated heterocycles. The number of nitrogens with zero attached hydrogens (tertiary/aromatic N) is 3. The van der Waals surface area contributed by atoms with Gasteiger partial charge in [-0.1, -0.05) is 30.3 Å². The number of amides is 1. The van der Waals surface area contributed by atoms with E-state index >= 15 is 0 Å². The number of fused-ring (bicyclic) bond motifs is 1. The molecule has 0 aromatic heterocycles. The van der Waals surface area contributed by atoms with Gasteiger partial charge in [-0.2, -0.15) is 0 Å². The number of hydrogen-bond acceptors (Lipinski definition) is 6. The number of carbonyl (C=O) groups excluding carboxylic acids is 2. The molecule has 2 aliphatic heterocycles. The normalized spacial score (nSPS) is 22.2. The Morgan fingerprint density at radius 1 is 1.10 bits per heavy atom. The second kappa shape index (κ2) is 8.18. The SMILES string of the molecule is COc1cccc(C(=O)C[C@@]2(O)C(=O)N(CN3CCN(C)CC3)c3ccccc32)c1. The van der Waals surface area contributed by atoms with Crippen molar-refractivity contribution < 1.29 is 19.4 Å². The smallest absolute Gasteiger partial charge is 0.265 e. The van der Waals surface area contributed by atoms with Crippen LogP contribution in [0.25, 0.3) is 0 Å². The Morgan fingerprint density at radius 2 is 1.83 bits per heavy atom. The van der Waals surface area contributed by atoms with E-state index in [1.54, 1.807) is 41.3 Å². The second-order valence-corrected chi connectivity index (χ2v) is 8.01. The van der Waals surface area contributed by atoms with Crippen molar-refractivity contribution in [3.63, 3.8) is 0 Å². The molecule has 2 aliphatic rings. The zero-order chi connectivity index (χ0) is 21.3. The fourth-order valence-electron chi connectivity index (χ4n) is 4.14. The Labute approximate surface area is 176 Å². The number of ketones is 1. The van der Waals surface area contributed by atoms with Gasteiger partial charge in [0.15, 0.2) is 11.4 Å². The minimum Gasteiger partial charge on any atom is -0.497 e. The third-order valence-corrected chi connectivity index (χ3v) is 5.98. The monoisotopic (exact) mass is 409 g/mol. The summed E-state index contributed by atoms with van der Waals surface area (Å²) < 4.78 is 5.19. The van der Waals surface area contributed by atoms with Crippen LogP contribution in [0.1, 0.15) is 22.3 Å². The quantitative estimate of drug-likeness (QED) is 0.733. The number of anilines is 1. The molecule has 1 fully saturated rings. The third kappa shape index (κ3) is 3.71. The summed E-state index contributed by atoms with van der Waals surface area (Å²) in [6.45, 7) is 3.97. The fraction of sp³-hybridized carbons (Fsp3) is 0.391. The fourth-order valence-corrected chi connectivity index (χ4v) is 4.14.